The fraction of sp³-hybridized carbons (Fsp3) is 0.467. The summed E-state index contributed by atoms with van der Waals surface area (Å²) in [4.78, 5) is 30.0. The number of carbonyl (C=O) groups excluding carboxylic acids is 2. The van der Waals surface area contributed by atoms with Crippen LogP contribution in [-0.2, 0) is 15.0 Å². The Balaban J connectivity index is 2.10. The van der Waals surface area contributed by atoms with Crippen molar-refractivity contribution >= 4 is 17.4 Å². The number of ketones is 1. The van der Waals surface area contributed by atoms with Crippen LogP contribution in [-0.4, -0.2) is 60.4 Å². The van der Waals surface area contributed by atoms with Crippen LogP contribution in [0.5, 0.6) is 5.75 Å². The average molecular weight is 493 g/mol. The number of aliphatic hydroxyl groups excluding tert-OH is 1. The smallest absolute Gasteiger partial charge is 0.295 e. The van der Waals surface area contributed by atoms with Gasteiger partial charge in [-0.3, -0.25) is 9.59 Å². The topological polar surface area (TPSA) is 70.1 Å². The number of Topliss-reactive ketones (excluding diaryl/α,β-unsaturated/α-hetero) is 1. The van der Waals surface area contributed by atoms with Crippen molar-refractivity contribution in [2.24, 2.45) is 5.92 Å². The second-order valence-electron chi connectivity index (χ2n) is 11.3. The van der Waals surface area contributed by atoms with Crippen LogP contribution in [0.15, 0.2) is 48.0 Å². The molecule has 0 aromatic heterocycles. The summed E-state index contributed by atoms with van der Waals surface area (Å²) in [6, 6.07) is 12.7. The van der Waals surface area contributed by atoms with Gasteiger partial charge in [0.25, 0.3) is 11.7 Å². The Morgan fingerprint density at radius 1 is 1.08 bits per heavy atom. The molecular formula is C30H40N2O4. The van der Waals surface area contributed by atoms with E-state index in [4.69, 9.17) is 4.74 Å². The maximum atomic E-state index is 13.3. The molecule has 1 fully saturated rings. The summed E-state index contributed by atoms with van der Waals surface area (Å²) in [5.41, 5.74) is 3.35. The molecule has 0 aliphatic carbocycles. The number of hydrogen-bond donors (Lipinski definition) is 1. The van der Waals surface area contributed by atoms with E-state index in [0.29, 0.717) is 36.9 Å². The zero-order valence-electron chi connectivity index (χ0n) is 22.9. The highest BCUT2D eigenvalue weighted by molar-refractivity contribution is 6.46. The standard InChI is InChI=1S/C30H40N2O4/c1-19(2)18-36-23-13-14-24(20(3)17-23)27(33)25-26(21-9-11-22(12-10-21)30(4,5)6)32(16-15-31(7)8)29(35)28(25)34/h9-14,17,19,26,33H,15-16,18H2,1-8H3/t26-/m0/s1. The van der Waals surface area contributed by atoms with Crippen molar-refractivity contribution in [1.29, 1.82) is 0 Å². The first-order valence-corrected chi connectivity index (χ1v) is 12.6. The van der Waals surface area contributed by atoms with Gasteiger partial charge in [-0.15, -0.1) is 0 Å². The van der Waals surface area contributed by atoms with Crippen LogP contribution < -0.4 is 4.74 Å². The number of likely N-dealkylation sites (N-methyl/N-ethyl adjacent to an activating group) is 1. The fourth-order valence-corrected chi connectivity index (χ4v) is 4.33. The van der Waals surface area contributed by atoms with E-state index in [1.807, 2.05) is 56.3 Å². The van der Waals surface area contributed by atoms with Crippen molar-refractivity contribution in [3.8, 4) is 5.75 Å². The summed E-state index contributed by atoms with van der Waals surface area (Å²) in [5, 5.41) is 11.4. The normalized spacial score (nSPS) is 17.9. The van der Waals surface area contributed by atoms with Gasteiger partial charge in [0.2, 0.25) is 0 Å². The van der Waals surface area contributed by atoms with E-state index in [-0.39, 0.29) is 16.7 Å². The van der Waals surface area contributed by atoms with Gasteiger partial charge in [-0.25, -0.2) is 0 Å². The zero-order valence-corrected chi connectivity index (χ0v) is 22.9. The van der Waals surface area contributed by atoms with Gasteiger partial charge in [0, 0.05) is 18.7 Å². The first kappa shape index (κ1) is 27.5. The van der Waals surface area contributed by atoms with E-state index in [1.165, 1.54) is 0 Å². The molecule has 0 spiro atoms. The maximum Gasteiger partial charge on any atom is 0.295 e. The molecule has 194 valence electrons. The van der Waals surface area contributed by atoms with E-state index in [0.717, 1.165) is 16.7 Å². The lowest BCUT2D eigenvalue weighted by Crippen LogP contribution is -2.35. The Morgan fingerprint density at radius 3 is 2.25 bits per heavy atom. The number of carbonyl (C=O) groups is 2. The molecule has 1 N–H and O–H groups in total. The Kier molecular flexibility index (Phi) is 8.29. The number of nitrogens with zero attached hydrogens (tertiary/aromatic N) is 2. The van der Waals surface area contributed by atoms with Crippen LogP contribution >= 0.6 is 0 Å². The van der Waals surface area contributed by atoms with Gasteiger partial charge in [0.05, 0.1) is 18.2 Å². The minimum Gasteiger partial charge on any atom is -0.507 e. The molecule has 6 heteroatoms. The molecular weight excluding hydrogens is 452 g/mol. The lowest BCUT2D eigenvalue weighted by atomic mass is 9.85. The van der Waals surface area contributed by atoms with Gasteiger partial charge in [0.1, 0.15) is 11.5 Å². The SMILES string of the molecule is Cc1cc(OCC(C)C)ccc1C(O)=C1C(=O)C(=O)N(CCN(C)C)[C@H]1c1ccc(C(C)(C)C)cc1. The Bertz CT molecular complexity index is 1140. The van der Waals surface area contributed by atoms with E-state index in [2.05, 4.69) is 34.6 Å². The molecule has 1 aliphatic heterocycles. The molecule has 6 nitrogen and oxygen atoms in total. The molecule has 0 radical (unpaired) electrons. The third-order valence-corrected chi connectivity index (χ3v) is 6.46. The van der Waals surface area contributed by atoms with Crippen LogP contribution in [0.1, 0.15) is 62.9 Å². The number of ether oxygens (including phenoxy) is 1. The number of amides is 1. The molecule has 1 amide bonds. The highest BCUT2D eigenvalue weighted by Gasteiger charge is 2.46. The Hall–Kier alpha value is -3.12. The molecule has 0 saturated carbocycles. The molecule has 0 unspecified atom stereocenters. The third-order valence-electron chi connectivity index (χ3n) is 6.46. The predicted molar refractivity (Wildman–Crippen MR) is 144 cm³/mol. The Labute approximate surface area is 215 Å². The maximum absolute atomic E-state index is 13.3. The molecule has 0 bridgehead atoms. The van der Waals surface area contributed by atoms with Crippen LogP contribution in [0.2, 0.25) is 0 Å². The van der Waals surface area contributed by atoms with E-state index < -0.39 is 17.7 Å². The molecule has 1 aliphatic rings. The van der Waals surface area contributed by atoms with Gasteiger partial charge >= 0.3 is 0 Å². The first-order chi connectivity index (χ1) is 16.8. The van der Waals surface area contributed by atoms with Gasteiger partial charge in [-0.05, 0) is 67.2 Å². The van der Waals surface area contributed by atoms with Crippen molar-refractivity contribution in [3.63, 3.8) is 0 Å². The molecule has 1 saturated heterocycles. The summed E-state index contributed by atoms with van der Waals surface area (Å²) >= 11 is 0. The second-order valence-corrected chi connectivity index (χ2v) is 11.3. The third kappa shape index (κ3) is 5.98. The van der Waals surface area contributed by atoms with E-state index >= 15 is 0 Å². The summed E-state index contributed by atoms with van der Waals surface area (Å²) in [6.45, 7) is 14.0. The van der Waals surface area contributed by atoms with Gasteiger partial charge in [0.15, 0.2) is 0 Å². The number of rotatable bonds is 8. The molecule has 36 heavy (non-hydrogen) atoms. The van der Waals surface area contributed by atoms with Crippen LogP contribution in [0.25, 0.3) is 5.76 Å². The largest absolute Gasteiger partial charge is 0.507 e. The second kappa shape index (κ2) is 10.9. The van der Waals surface area contributed by atoms with E-state index in [9.17, 15) is 14.7 Å². The molecule has 3 rings (SSSR count). The Morgan fingerprint density at radius 2 is 1.72 bits per heavy atom. The number of benzene rings is 2. The van der Waals surface area contributed by atoms with Crippen LogP contribution in [0, 0.1) is 12.8 Å². The summed E-state index contributed by atoms with van der Waals surface area (Å²) in [6.07, 6.45) is 0. The molecule has 2 aromatic carbocycles. The minimum absolute atomic E-state index is 0.0260. The summed E-state index contributed by atoms with van der Waals surface area (Å²) < 4.78 is 5.82. The fourth-order valence-electron chi connectivity index (χ4n) is 4.33. The lowest BCUT2D eigenvalue weighted by Gasteiger charge is -2.27. The van der Waals surface area contributed by atoms with Crippen LogP contribution in [0.3, 0.4) is 0 Å². The van der Waals surface area contributed by atoms with Crippen molar-refractivity contribution in [2.75, 3.05) is 33.8 Å². The number of aryl methyl sites for hydroxylation is 1. The number of hydrogen-bond acceptors (Lipinski definition) is 5. The quantitative estimate of drug-likeness (QED) is 0.307. The van der Waals surface area contributed by atoms with Gasteiger partial charge < -0.3 is 19.6 Å². The number of likely N-dealkylation sites (tertiary alicyclic amines) is 1. The highest BCUT2D eigenvalue weighted by Crippen LogP contribution is 2.40. The van der Waals surface area contributed by atoms with Gasteiger partial charge in [-0.1, -0.05) is 58.9 Å². The molecule has 1 atom stereocenters. The average Bonchev–Trinajstić information content (AvgIpc) is 3.05. The number of aliphatic hydroxyl groups is 1. The van der Waals surface area contributed by atoms with Crippen LogP contribution in [0.4, 0.5) is 0 Å². The van der Waals surface area contributed by atoms with Crippen molar-refractivity contribution in [2.45, 2.75) is 53.0 Å². The first-order valence-electron chi connectivity index (χ1n) is 12.6. The monoisotopic (exact) mass is 492 g/mol. The van der Waals surface area contributed by atoms with E-state index in [1.54, 1.807) is 17.0 Å². The molecule has 1 heterocycles. The predicted octanol–water partition coefficient (Wildman–Crippen LogP) is 5.31. The lowest BCUT2D eigenvalue weighted by molar-refractivity contribution is -0.140. The highest BCUT2D eigenvalue weighted by atomic mass is 16.5. The minimum atomic E-state index is -0.657. The van der Waals surface area contributed by atoms with Crippen molar-refractivity contribution in [3.05, 3.63) is 70.3 Å². The van der Waals surface area contributed by atoms with Crippen molar-refractivity contribution in [1.82, 2.24) is 9.80 Å². The van der Waals surface area contributed by atoms with Crippen molar-refractivity contribution < 1.29 is 19.4 Å². The zero-order chi connectivity index (χ0) is 26.8. The van der Waals surface area contributed by atoms with Gasteiger partial charge in [-0.2, -0.15) is 0 Å². The summed E-state index contributed by atoms with van der Waals surface area (Å²) in [5.74, 6) is -0.299. The molecule has 2 aromatic rings. The summed E-state index contributed by atoms with van der Waals surface area (Å²) in [7, 11) is 3.85.